The predicted octanol–water partition coefficient (Wildman–Crippen LogP) is 1.47. The summed E-state index contributed by atoms with van der Waals surface area (Å²) in [5.41, 5.74) is 0.571. The lowest BCUT2D eigenvalue weighted by Crippen LogP contribution is -2.05. The Morgan fingerprint density at radius 2 is 2.07 bits per heavy atom. The van der Waals surface area contributed by atoms with Gasteiger partial charge in [-0.3, -0.25) is 9.89 Å². The predicted molar refractivity (Wildman–Crippen MR) is 57.7 cm³/mol. The van der Waals surface area contributed by atoms with Crippen molar-refractivity contribution < 1.29 is 0 Å². The number of nitrogens with zero attached hydrogens (tertiary/aromatic N) is 2. The number of aromatic amines is 1. The second-order valence-electron chi connectivity index (χ2n) is 3.29. The number of benzene rings is 1. The standard InChI is InChI=1S/C11H7N3O/c15-11-10-7(3-5-12-11)1-2-9-8(10)4-6-13-14-9/h1-6,13H. The highest BCUT2D eigenvalue weighted by molar-refractivity contribution is 6.05. The molecule has 4 nitrogen and oxygen atoms in total. The van der Waals surface area contributed by atoms with Crippen LogP contribution in [-0.2, 0) is 0 Å². The van der Waals surface area contributed by atoms with Crippen molar-refractivity contribution >= 4 is 21.7 Å². The average molecular weight is 197 g/mol. The Morgan fingerprint density at radius 3 is 3.00 bits per heavy atom. The van der Waals surface area contributed by atoms with Crippen LogP contribution >= 0.6 is 0 Å². The van der Waals surface area contributed by atoms with Gasteiger partial charge in [0.05, 0.1) is 10.9 Å². The van der Waals surface area contributed by atoms with Crippen LogP contribution in [0.4, 0.5) is 0 Å². The van der Waals surface area contributed by atoms with Crippen LogP contribution in [-0.4, -0.2) is 15.2 Å². The highest BCUT2D eigenvalue weighted by atomic mass is 16.1. The van der Waals surface area contributed by atoms with Gasteiger partial charge in [0.1, 0.15) is 0 Å². The quantitative estimate of drug-likeness (QED) is 0.555. The third-order valence-corrected chi connectivity index (χ3v) is 2.42. The van der Waals surface area contributed by atoms with Gasteiger partial charge < -0.3 is 0 Å². The summed E-state index contributed by atoms with van der Waals surface area (Å²) in [6.07, 6.45) is 3.23. The Morgan fingerprint density at radius 1 is 1.13 bits per heavy atom. The van der Waals surface area contributed by atoms with Crippen LogP contribution in [0.2, 0.25) is 0 Å². The summed E-state index contributed by atoms with van der Waals surface area (Å²) < 4.78 is 0. The number of hydrogen-bond acceptors (Lipinski definition) is 3. The molecule has 1 N–H and O–H groups in total. The van der Waals surface area contributed by atoms with Crippen LogP contribution in [0.15, 0.2) is 41.5 Å². The topological polar surface area (TPSA) is 58.6 Å². The molecule has 15 heavy (non-hydrogen) atoms. The summed E-state index contributed by atoms with van der Waals surface area (Å²) in [6.45, 7) is 0. The summed E-state index contributed by atoms with van der Waals surface area (Å²) in [6, 6.07) is 7.43. The fourth-order valence-electron chi connectivity index (χ4n) is 1.75. The summed E-state index contributed by atoms with van der Waals surface area (Å²) in [5, 5.41) is 9.20. The maximum Gasteiger partial charge on any atom is 0.278 e. The van der Waals surface area contributed by atoms with Crippen molar-refractivity contribution in [3.63, 3.8) is 0 Å². The van der Waals surface area contributed by atoms with E-state index < -0.39 is 0 Å². The van der Waals surface area contributed by atoms with E-state index in [1.807, 2.05) is 24.3 Å². The SMILES string of the molecule is O=c1nccc2ccc3n[nH]ccc3c12. The molecular formula is C11H7N3O. The van der Waals surface area contributed by atoms with Gasteiger partial charge in [0.15, 0.2) is 0 Å². The molecule has 0 aliphatic carbocycles. The van der Waals surface area contributed by atoms with Crippen LogP contribution in [0, 0.1) is 0 Å². The lowest BCUT2D eigenvalue weighted by atomic mass is 10.1. The van der Waals surface area contributed by atoms with Crippen molar-refractivity contribution in [3.05, 3.63) is 47.0 Å². The number of pyridine rings is 1. The number of rotatable bonds is 0. The third kappa shape index (κ3) is 1.11. The maximum absolute atomic E-state index is 11.6. The number of aromatic nitrogens is 3. The van der Waals surface area contributed by atoms with Crippen molar-refractivity contribution in [1.82, 2.24) is 15.2 Å². The molecule has 0 saturated carbocycles. The monoisotopic (exact) mass is 197 g/mol. The van der Waals surface area contributed by atoms with Crippen molar-refractivity contribution in [2.75, 3.05) is 0 Å². The van der Waals surface area contributed by atoms with Crippen molar-refractivity contribution in [3.8, 4) is 0 Å². The van der Waals surface area contributed by atoms with Gasteiger partial charge in [-0.1, -0.05) is 6.07 Å². The first-order valence-electron chi connectivity index (χ1n) is 4.58. The summed E-state index contributed by atoms with van der Waals surface area (Å²) in [4.78, 5) is 15.4. The molecule has 0 atom stereocenters. The molecule has 0 spiro atoms. The fraction of sp³-hybridized carbons (Fsp3) is 0. The van der Waals surface area contributed by atoms with Crippen LogP contribution in [0.3, 0.4) is 0 Å². The molecular weight excluding hydrogens is 190 g/mol. The van der Waals surface area contributed by atoms with E-state index in [1.54, 1.807) is 6.20 Å². The molecule has 0 unspecified atom stereocenters. The lowest BCUT2D eigenvalue weighted by molar-refractivity contribution is 1.08. The Balaban J connectivity index is 2.70. The second kappa shape index (κ2) is 2.88. The van der Waals surface area contributed by atoms with Crippen molar-refractivity contribution in [1.29, 1.82) is 0 Å². The Kier molecular flexibility index (Phi) is 1.56. The van der Waals surface area contributed by atoms with E-state index in [2.05, 4.69) is 15.2 Å². The van der Waals surface area contributed by atoms with Crippen molar-refractivity contribution in [2.45, 2.75) is 0 Å². The smallest absolute Gasteiger partial charge is 0.278 e. The summed E-state index contributed by atoms with van der Waals surface area (Å²) in [5.74, 6) is 0. The Hall–Kier alpha value is -2.23. The molecule has 0 saturated heterocycles. The van der Waals surface area contributed by atoms with E-state index in [-0.39, 0.29) is 5.56 Å². The minimum absolute atomic E-state index is 0.203. The van der Waals surface area contributed by atoms with E-state index in [9.17, 15) is 4.79 Å². The van der Waals surface area contributed by atoms with Gasteiger partial charge in [0.25, 0.3) is 5.56 Å². The maximum atomic E-state index is 11.6. The number of H-pyrrole nitrogens is 1. The zero-order chi connectivity index (χ0) is 10.3. The van der Waals surface area contributed by atoms with Gasteiger partial charge in [-0.05, 0) is 23.6 Å². The molecule has 1 aromatic carbocycles. The molecule has 3 rings (SSSR count). The molecule has 2 aromatic heterocycles. The van der Waals surface area contributed by atoms with E-state index in [0.29, 0.717) is 5.39 Å². The highest BCUT2D eigenvalue weighted by Crippen LogP contribution is 2.19. The first-order chi connectivity index (χ1) is 7.36. The summed E-state index contributed by atoms with van der Waals surface area (Å²) >= 11 is 0. The second-order valence-corrected chi connectivity index (χ2v) is 3.29. The molecule has 72 valence electrons. The first-order valence-corrected chi connectivity index (χ1v) is 4.58. The molecule has 0 radical (unpaired) electrons. The summed E-state index contributed by atoms with van der Waals surface area (Å²) in [7, 11) is 0. The number of nitrogens with one attached hydrogen (secondary N) is 1. The largest absolute Gasteiger partial charge is 0.285 e. The van der Waals surface area contributed by atoms with Gasteiger partial charge >= 0.3 is 0 Å². The van der Waals surface area contributed by atoms with Crippen LogP contribution < -0.4 is 5.56 Å². The van der Waals surface area contributed by atoms with Gasteiger partial charge in [0, 0.05) is 17.8 Å². The third-order valence-electron chi connectivity index (χ3n) is 2.42. The van der Waals surface area contributed by atoms with Crippen molar-refractivity contribution in [2.24, 2.45) is 0 Å². The molecule has 3 aromatic rings. The molecule has 0 aliphatic heterocycles. The zero-order valence-corrected chi connectivity index (χ0v) is 7.77. The van der Waals surface area contributed by atoms with Crippen LogP contribution in [0.1, 0.15) is 0 Å². The first kappa shape index (κ1) is 8.11. The molecule has 0 aliphatic rings. The van der Waals surface area contributed by atoms with Gasteiger partial charge in [0.2, 0.25) is 0 Å². The van der Waals surface area contributed by atoms with Gasteiger partial charge in [-0.15, -0.1) is 0 Å². The lowest BCUT2D eigenvalue weighted by Gasteiger charge is -2.00. The van der Waals surface area contributed by atoms with Gasteiger partial charge in [-0.2, -0.15) is 5.10 Å². The van der Waals surface area contributed by atoms with E-state index in [0.717, 1.165) is 16.3 Å². The number of fused-ring (bicyclic) bond motifs is 3. The average Bonchev–Trinajstić information content (AvgIpc) is 2.29. The van der Waals surface area contributed by atoms with Crippen LogP contribution in [0.25, 0.3) is 21.7 Å². The zero-order valence-electron chi connectivity index (χ0n) is 7.77. The van der Waals surface area contributed by atoms with E-state index in [4.69, 9.17) is 0 Å². The van der Waals surface area contributed by atoms with Gasteiger partial charge in [-0.25, -0.2) is 4.98 Å². The normalized spacial score (nSPS) is 10.9. The molecule has 2 heterocycles. The molecule has 4 heteroatoms. The highest BCUT2D eigenvalue weighted by Gasteiger charge is 2.04. The minimum atomic E-state index is -0.203. The van der Waals surface area contributed by atoms with E-state index in [1.165, 1.54) is 6.20 Å². The van der Waals surface area contributed by atoms with E-state index >= 15 is 0 Å². The number of hydrogen-bond donors (Lipinski definition) is 1. The van der Waals surface area contributed by atoms with Crippen LogP contribution in [0.5, 0.6) is 0 Å². The molecule has 0 fully saturated rings. The Labute approximate surface area is 84.6 Å². The minimum Gasteiger partial charge on any atom is -0.285 e. The fourth-order valence-corrected chi connectivity index (χ4v) is 1.75. The molecule has 0 amide bonds. The molecule has 0 bridgehead atoms. The Bertz CT molecular complexity index is 703.